The molecule has 0 fully saturated rings. The number of benzene rings is 1. The van der Waals surface area contributed by atoms with Crippen molar-refractivity contribution in [3.63, 3.8) is 0 Å². The fraction of sp³-hybridized carbons (Fsp3) is 0.333. The molecule has 0 aliphatic carbocycles. The van der Waals surface area contributed by atoms with Crippen molar-refractivity contribution in [3.8, 4) is 0 Å². The second-order valence-corrected chi connectivity index (χ2v) is 6.48. The van der Waals surface area contributed by atoms with E-state index in [1.165, 1.54) is 20.5 Å². The molecule has 0 aliphatic heterocycles. The maximum Gasteiger partial charge on any atom is 0.0314 e. The SMILES string of the molecule is Cc1ccccc1CCC(N)Cc1sccc1Br. The number of halogens is 1. The fourth-order valence-electron chi connectivity index (χ4n) is 2.04. The largest absolute Gasteiger partial charge is 0.327 e. The van der Waals surface area contributed by atoms with E-state index in [0.717, 1.165) is 19.3 Å². The highest BCUT2D eigenvalue weighted by molar-refractivity contribution is 9.10. The Kier molecular flexibility index (Phi) is 4.98. The Morgan fingerprint density at radius 1 is 1.28 bits per heavy atom. The lowest BCUT2D eigenvalue weighted by Gasteiger charge is -2.12. The summed E-state index contributed by atoms with van der Waals surface area (Å²) in [6.07, 6.45) is 3.07. The van der Waals surface area contributed by atoms with Gasteiger partial charge in [0.05, 0.1) is 0 Å². The van der Waals surface area contributed by atoms with Gasteiger partial charge in [0.1, 0.15) is 0 Å². The van der Waals surface area contributed by atoms with Gasteiger partial charge in [-0.2, -0.15) is 0 Å². The van der Waals surface area contributed by atoms with E-state index in [4.69, 9.17) is 5.73 Å². The summed E-state index contributed by atoms with van der Waals surface area (Å²) in [7, 11) is 0. The molecule has 0 saturated heterocycles. The Morgan fingerprint density at radius 2 is 2.06 bits per heavy atom. The van der Waals surface area contributed by atoms with Crippen LogP contribution in [0.5, 0.6) is 0 Å². The van der Waals surface area contributed by atoms with Gasteiger partial charge in [-0.15, -0.1) is 11.3 Å². The molecule has 1 nitrogen and oxygen atoms in total. The van der Waals surface area contributed by atoms with Gasteiger partial charge in [-0.3, -0.25) is 0 Å². The number of hydrogen-bond acceptors (Lipinski definition) is 2. The predicted molar refractivity (Wildman–Crippen MR) is 83.2 cm³/mol. The zero-order valence-electron chi connectivity index (χ0n) is 10.5. The summed E-state index contributed by atoms with van der Waals surface area (Å²) < 4.78 is 1.19. The molecule has 1 aromatic heterocycles. The number of thiophene rings is 1. The normalized spacial score (nSPS) is 12.6. The molecule has 0 spiro atoms. The van der Waals surface area contributed by atoms with Crippen LogP contribution in [0.3, 0.4) is 0 Å². The first-order chi connectivity index (χ1) is 8.66. The molecular weight excluding hydrogens is 306 g/mol. The van der Waals surface area contributed by atoms with Gasteiger partial charge in [-0.25, -0.2) is 0 Å². The van der Waals surface area contributed by atoms with Crippen LogP contribution in [0.25, 0.3) is 0 Å². The summed E-state index contributed by atoms with van der Waals surface area (Å²) in [6.45, 7) is 2.16. The van der Waals surface area contributed by atoms with Crippen LogP contribution in [-0.4, -0.2) is 6.04 Å². The molecule has 0 amide bonds. The Balaban J connectivity index is 1.87. The van der Waals surface area contributed by atoms with Gasteiger partial charge in [-0.05, 0) is 64.7 Å². The lowest BCUT2D eigenvalue weighted by Crippen LogP contribution is -2.23. The van der Waals surface area contributed by atoms with E-state index in [1.807, 2.05) is 0 Å². The van der Waals surface area contributed by atoms with Gasteiger partial charge in [-0.1, -0.05) is 24.3 Å². The van der Waals surface area contributed by atoms with Crippen molar-refractivity contribution >= 4 is 27.3 Å². The zero-order chi connectivity index (χ0) is 13.0. The van der Waals surface area contributed by atoms with Crippen molar-refractivity contribution in [1.29, 1.82) is 0 Å². The Labute approximate surface area is 121 Å². The van der Waals surface area contributed by atoms with Crippen molar-refractivity contribution in [2.45, 2.75) is 32.2 Å². The second kappa shape index (κ2) is 6.50. The number of rotatable bonds is 5. The molecule has 1 aromatic carbocycles. The summed E-state index contributed by atoms with van der Waals surface area (Å²) in [5.41, 5.74) is 9.00. The van der Waals surface area contributed by atoms with E-state index >= 15 is 0 Å². The number of hydrogen-bond donors (Lipinski definition) is 1. The minimum Gasteiger partial charge on any atom is -0.327 e. The second-order valence-electron chi connectivity index (χ2n) is 4.62. The fourth-order valence-corrected chi connectivity index (χ4v) is 3.65. The molecule has 96 valence electrons. The highest BCUT2D eigenvalue weighted by Gasteiger charge is 2.09. The van der Waals surface area contributed by atoms with Gasteiger partial charge >= 0.3 is 0 Å². The molecule has 1 atom stereocenters. The summed E-state index contributed by atoms with van der Waals surface area (Å²) in [5.74, 6) is 0. The Morgan fingerprint density at radius 3 is 2.72 bits per heavy atom. The van der Waals surface area contributed by atoms with Crippen LogP contribution in [-0.2, 0) is 12.8 Å². The van der Waals surface area contributed by atoms with E-state index in [0.29, 0.717) is 0 Å². The third-order valence-electron chi connectivity index (χ3n) is 3.18. The van der Waals surface area contributed by atoms with Gasteiger partial charge in [0.25, 0.3) is 0 Å². The van der Waals surface area contributed by atoms with Gasteiger partial charge in [0.15, 0.2) is 0 Å². The molecule has 0 radical (unpaired) electrons. The summed E-state index contributed by atoms with van der Waals surface area (Å²) in [5, 5.41) is 2.10. The third kappa shape index (κ3) is 3.67. The minimum atomic E-state index is 0.236. The number of nitrogens with two attached hydrogens (primary N) is 1. The van der Waals surface area contributed by atoms with Crippen LogP contribution in [0.2, 0.25) is 0 Å². The maximum absolute atomic E-state index is 6.22. The van der Waals surface area contributed by atoms with Crippen LogP contribution in [0.15, 0.2) is 40.2 Å². The third-order valence-corrected chi connectivity index (χ3v) is 5.13. The molecule has 2 aromatic rings. The first-order valence-corrected chi connectivity index (χ1v) is 7.86. The average molecular weight is 324 g/mol. The van der Waals surface area contributed by atoms with Gasteiger partial charge in [0.2, 0.25) is 0 Å². The highest BCUT2D eigenvalue weighted by atomic mass is 79.9. The van der Waals surface area contributed by atoms with Crippen LogP contribution in [0.1, 0.15) is 22.4 Å². The van der Waals surface area contributed by atoms with Crippen LogP contribution >= 0.6 is 27.3 Å². The van der Waals surface area contributed by atoms with Gasteiger partial charge in [0, 0.05) is 15.4 Å². The first-order valence-electron chi connectivity index (χ1n) is 6.19. The van der Waals surface area contributed by atoms with E-state index in [2.05, 4.69) is 58.6 Å². The molecule has 0 bridgehead atoms. The van der Waals surface area contributed by atoms with E-state index in [9.17, 15) is 0 Å². The predicted octanol–water partition coefficient (Wildman–Crippen LogP) is 4.32. The summed E-state index contributed by atoms with van der Waals surface area (Å²) in [4.78, 5) is 1.35. The summed E-state index contributed by atoms with van der Waals surface area (Å²) >= 11 is 5.33. The molecule has 0 saturated carbocycles. The average Bonchev–Trinajstić information content (AvgIpc) is 2.74. The first kappa shape index (κ1) is 13.8. The van der Waals surface area contributed by atoms with Crippen molar-refractivity contribution in [2.24, 2.45) is 5.73 Å². The van der Waals surface area contributed by atoms with E-state index in [1.54, 1.807) is 11.3 Å². The van der Waals surface area contributed by atoms with Crippen molar-refractivity contribution in [2.75, 3.05) is 0 Å². The summed E-state index contributed by atoms with van der Waals surface area (Å²) in [6, 6.07) is 10.9. The monoisotopic (exact) mass is 323 g/mol. The zero-order valence-corrected chi connectivity index (χ0v) is 12.9. The molecule has 0 aliphatic rings. The van der Waals surface area contributed by atoms with E-state index < -0.39 is 0 Å². The van der Waals surface area contributed by atoms with Gasteiger partial charge < -0.3 is 5.73 Å². The smallest absolute Gasteiger partial charge is 0.0314 e. The lowest BCUT2D eigenvalue weighted by molar-refractivity contribution is 0.613. The molecular formula is C15H18BrNS. The van der Waals surface area contributed by atoms with Crippen LogP contribution < -0.4 is 5.73 Å². The molecule has 18 heavy (non-hydrogen) atoms. The molecule has 3 heteroatoms. The van der Waals surface area contributed by atoms with Crippen LogP contribution in [0.4, 0.5) is 0 Å². The van der Waals surface area contributed by atoms with Crippen molar-refractivity contribution < 1.29 is 0 Å². The standard InChI is InChI=1S/C15H18BrNS/c1-11-4-2-3-5-12(11)6-7-13(17)10-15-14(16)8-9-18-15/h2-5,8-9,13H,6-7,10,17H2,1H3. The van der Waals surface area contributed by atoms with Crippen molar-refractivity contribution in [1.82, 2.24) is 0 Å². The molecule has 2 N–H and O–H groups in total. The quantitative estimate of drug-likeness (QED) is 0.871. The Hall–Kier alpha value is -0.640. The molecule has 1 unspecified atom stereocenters. The Bertz CT molecular complexity index is 507. The number of aryl methyl sites for hydroxylation is 2. The van der Waals surface area contributed by atoms with E-state index in [-0.39, 0.29) is 6.04 Å². The molecule has 1 heterocycles. The highest BCUT2D eigenvalue weighted by Crippen LogP contribution is 2.24. The van der Waals surface area contributed by atoms with Crippen molar-refractivity contribution in [3.05, 3.63) is 56.2 Å². The maximum atomic E-state index is 6.22. The molecule has 2 rings (SSSR count). The topological polar surface area (TPSA) is 26.0 Å². The minimum absolute atomic E-state index is 0.236. The lowest BCUT2D eigenvalue weighted by atomic mass is 10.00. The van der Waals surface area contributed by atoms with Crippen LogP contribution in [0, 0.1) is 6.92 Å².